The summed E-state index contributed by atoms with van der Waals surface area (Å²) in [7, 11) is 5.58. The topological polar surface area (TPSA) is 59.4 Å². The Balaban J connectivity index is 1.76. The molecule has 1 N–H and O–H groups in total. The minimum Gasteiger partial charge on any atom is -0.497 e. The van der Waals surface area contributed by atoms with E-state index in [-0.39, 0.29) is 5.91 Å². The molecular weight excluding hydrogens is 408 g/mol. The minimum absolute atomic E-state index is 0.231. The molecule has 0 saturated heterocycles. The molecular formula is C20H21BrN4O2. The zero-order valence-corrected chi connectivity index (χ0v) is 17.0. The van der Waals surface area contributed by atoms with Crippen LogP contribution in [-0.2, 0) is 6.54 Å². The van der Waals surface area contributed by atoms with Crippen LogP contribution >= 0.6 is 15.9 Å². The Labute approximate surface area is 166 Å². The number of benzene rings is 2. The van der Waals surface area contributed by atoms with E-state index in [1.165, 1.54) is 0 Å². The highest BCUT2D eigenvalue weighted by molar-refractivity contribution is 9.10. The van der Waals surface area contributed by atoms with Crippen molar-refractivity contribution < 1.29 is 9.53 Å². The second-order valence-corrected chi connectivity index (χ2v) is 7.09. The summed E-state index contributed by atoms with van der Waals surface area (Å²) >= 11 is 3.41. The van der Waals surface area contributed by atoms with Crippen molar-refractivity contribution in [3.8, 4) is 5.75 Å². The average molecular weight is 429 g/mol. The SMILES string of the molecule is COc1ccc(Br)c(C(=O)Nc2ccnn2Cc2ccc(N(C)C)cc2)c1. The first-order chi connectivity index (χ1) is 13.0. The van der Waals surface area contributed by atoms with Gasteiger partial charge < -0.3 is 15.0 Å². The first kappa shape index (κ1) is 19.0. The maximum Gasteiger partial charge on any atom is 0.258 e. The quantitative estimate of drug-likeness (QED) is 0.643. The summed E-state index contributed by atoms with van der Waals surface area (Å²) < 4.78 is 7.66. The largest absolute Gasteiger partial charge is 0.497 e. The fourth-order valence-electron chi connectivity index (χ4n) is 2.63. The molecule has 2 aromatic carbocycles. The lowest BCUT2D eigenvalue weighted by Gasteiger charge is -2.14. The highest BCUT2D eigenvalue weighted by Gasteiger charge is 2.14. The van der Waals surface area contributed by atoms with Crippen molar-refractivity contribution in [3.05, 3.63) is 70.3 Å². The van der Waals surface area contributed by atoms with Gasteiger partial charge in [0.1, 0.15) is 11.6 Å². The number of rotatable bonds is 6. The maximum absolute atomic E-state index is 12.7. The van der Waals surface area contributed by atoms with Gasteiger partial charge in [-0.05, 0) is 51.8 Å². The number of hydrogen-bond acceptors (Lipinski definition) is 4. The summed E-state index contributed by atoms with van der Waals surface area (Å²) in [6, 6.07) is 15.3. The molecule has 7 heteroatoms. The minimum atomic E-state index is -0.231. The summed E-state index contributed by atoms with van der Waals surface area (Å²) in [5, 5.41) is 7.24. The number of nitrogens with one attached hydrogen (secondary N) is 1. The Morgan fingerprint density at radius 3 is 2.59 bits per heavy atom. The van der Waals surface area contributed by atoms with Crippen LogP contribution in [0.2, 0.25) is 0 Å². The van der Waals surface area contributed by atoms with E-state index in [4.69, 9.17) is 4.74 Å². The number of carbonyl (C=O) groups is 1. The van der Waals surface area contributed by atoms with Crippen LogP contribution in [0.4, 0.5) is 11.5 Å². The van der Waals surface area contributed by atoms with Gasteiger partial charge in [-0.25, -0.2) is 4.68 Å². The molecule has 6 nitrogen and oxygen atoms in total. The van der Waals surface area contributed by atoms with Crippen LogP contribution < -0.4 is 15.0 Å². The van der Waals surface area contributed by atoms with Gasteiger partial charge in [-0.15, -0.1) is 0 Å². The highest BCUT2D eigenvalue weighted by atomic mass is 79.9. The molecule has 0 unspecified atom stereocenters. The van der Waals surface area contributed by atoms with Crippen molar-refractivity contribution in [1.29, 1.82) is 0 Å². The van der Waals surface area contributed by atoms with E-state index in [1.54, 1.807) is 42.3 Å². The van der Waals surface area contributed by atoms with Gasteiger partial charge >= 0.3 is 0 Å². The molecule has 140 valence electrons. The number of halogens is 1. The Kier molecular flexibility index (Phi) is 5.81. The van der Waals surface area contributed by atoms with Gasteiger partial charge in [0.2, 0.25) is 0 Å². The summed E-state index contributed by atoms with van der Waals surface area (Å²) in [6.07, 6.45) is 1.67. The number of carbonyl (C=O) groups excluding carboxylic acids is 1. The normalized spacial score (nSPS) is 10.5. The predicted molar refractivity (Wildman–Crippen MR) is 111 cm³/mol. The fourth-order valence-corrected chi connectivity index (χ4v) is 3.05. The molecule has 1 heterocycles. The third-order valence-electron chi connectivity index (χ3n) is 4.16. The number of amides is 1. The molecule has 3 rings (SSSR count). The lowest BCUT2D eigenvalue weighted by molar-refractivity contribution is 0.102. The van der Waals surface area contributed by atoms with Crippen molar-refractivity contribution in [2.45, 2.75) is 6.54 Å². The van der Waals surface area contributed by atoms with Gasteiger partial charge in [0.25, 0.3) is 5.91 Å². The predicted octanol–water partition coefficient (Wildman–Crippen LogP) is 4.02. The van der Waals surface area contributed by atoms with Gasteiger partial charge in [0.05, 0.1) is 25.4 Å². The van der Waals surface area contributed by atoms with Crippen LogP contribution in [0.25, 0.3) is 0 Å². The smallest absolute Gasteiger partial charge is 0.258 e. The lowest BCUT2D eigenvalue weighted by Crippen LogP contribution is -2.17. The molecule has 0 aliphatic carbocycles. The van der Waals surface area contributed by atoms with Crippen LogP contribution in [0, 0.1) is 0 Å². The molecule has 0 aliphatic rings. The number of hydrogen-bond donors (Lipinski definition) is 1. The molecule has 3 aromatic rings. The van der Waals surface area contributed by atoms with Crippen LogP contribution in [0.5, 0.6) is 5.75 Å². The number of methoxy groups -OCH3 is 1. The van der Waals surface area contributed by atoms with Crippen molar-refractivity contribution in [3.63, 3.8) is 0 Å². The van der Waals surface area contributed by atoms with Gasteiger partial charge in [-0.1, -0.05) is 12.1 Å². The van der Waals surface area contributed by atoms with Crippen molar-refractivity contribution in [2.24, 2.45) is 0 Å². The Bertz CT molecular complexity index is 935. The third-order valence-corrected chi connectivity index (χ3v) is 4.85. The number of anilines is 2. The number of nitrogens with zero attached hydrogens (tertiary/aromatic N) is 3. The number of aromatic nitrogens is 2. The Hall–Kier alpha value is -2.80. The highest BCUT2D eigenvalue weighted by Crippen LogP contribution is 2.24. The van der Waals surface area contributed by atoms with Crippen molar-refractivity contribution >= 4 is 33.3 Å². The first-order valence-corrected chi connectivity index (χ1v) is 9.20. The van der Waals surface area contributed by atoms with Crippen LogP contribution in [0.3, 0.4) is 0 Å². The lowest BCUT2D eigenvalue weighted by atomic mass is 10.2. The van der Waals surface area contributed by atoms with Gasteiger partial charge in [0, 0.05) is 30.3 Å². The first-order valence-electron chi connectivity index (χ1n) is 8.41. The molecule has 0 saturated carbocycles. The summed E-state index contributed by atoms with van der Waals surface area (Å²) in [6.45, 7) is 0.565. The Morgan fingerprint density at radius 2 is 1.93 bits per heavy atom. The summed E-state index contributed by atoms with van der Waals surface area (Å²) in [5.41, 5.74) is 2.73. The van der Waals surface area contributed by atoms with E-state index in [1.807, 2.05) is 14.1 Å². The van der Waals surface area contributed by atoms with E-state index >= 15 is 0 Å². The second-order valence-electron chi connectivity index (χ2n) is 6.23. The monoisotopic (exact) mass is 428 g/mol. The molecule has 0 radical (unpaired) electrons. The van der Waals surface area contributed by atoms with E-state index in [0.717, 1.165) is 11.3 Å². The van der Waals surface area contributed by atoms with E-state index in [9.17, 15) is 4.79 Å². The molecule has 0 spiro atoms. The molecule has 0 atom stereocenters. The molecule has 0 fully saturated rings. The maximum atomic E-state index is 12.7. The van der Waals surface area contributed by atoms with E-state index < -0.39 is 0 Å². The molecule has 1 aromatic heterocycles. The number of ether oxygens (including phenoxy) is 1. The average Bonchev–Trinajstić information content (AvgIpc) is 3.09. The zero-order chi connectivity index (χ0) is 19.4. The zero-order valence-electron chi connectivity index (χ0n) is 15.4. The molecule has 0 aliphatic heterocycles. The van der Waals surface area contributed by atoms with Crippen molar-refractivity contribution in [1.82, 2.24) is 9.78 Å². The molecule has 27 heavy (non-hydrogen) atoms. The third kappa shape index (κ3) is 4.49. The van der Waals surface area contributed by atoms with E-state index in [0.29, 0.717) is 28.1 Å². The standard InChI is InChI=1S/C20H21BrN4O2/c1-24(2)15-6-4-14(5-7-15)13-25-19(10-11-22-25)23-20(26)17-12-16(27-3)8-9-18(17)21/h4-12H,13H2,1-3H3,(H,23,26). The van der Waals surface area contributed by atoms with Crippen molar-refractivity contribution in [2.75, 3.05) is 31.4 Å². The molecule has 0 bridgehead atoms. The van der Waals surface area contributed by atoms with E-state index in [2.05, 4.69) is 55.5 Å². The van der Waals surface area contributed by atoms with Crippen LogP contribution in [-0.4, -0.2) is 36.9 Å². The van der Waals surface area contributed by atoms with Crippen LogP contribution in [0.1, 0.15) is 15.9 Å². The van der Waals surface area contributed by atoms with Crippen LogP contribution in [0.15, 0.2) is 59.2 Å². The second kappa shape index (κ2) is 8.26. The summed E-state index contributed by atoms with van der Waals surface area (Å²) in [5.74, 6) is 1.02. The summed E-state index contributed by atoms with van der Waals surface area (Å²) in [4.78, 5) is 14.7. The Morgan fingerprint density at radius 1 is 1.19 bits per heavy atom. The molecule has 1 amide bonds. The fraction of sp³-hybridized carbons (Fsp3) is 0.200. The van der Waals surface area contributed by atoms with Gasteiger partial charge in [0.15, 0.2) is 0 Å². The van der Waals surface area contributed by atoms with Gasteiger partial charge in [-0.2, -0.15) is 5.10 Å². The van der Waals surface area contributed by atoms with Gasteiger partial charge in [-0.3, -0.25) is 4.79 Å².